The predicted molar refractivity (Wildman–Crippen MR) is 111 cm³/mol. The summed E-state index contributed by atoms with van der Waals surface area (Å²) in [4.78, 5) is 27.6. The number of amides is 2. The van der Waals surface area contributed by atoms with Gasteiger partial charge in [0.1, 0.15) is 6.04 Å². The molecule has 6 heteroatoms. The molecule has 3 rings (SSSR count). The third-order valence-electron chi connectivity index (χ3n) is 5.29. The van der Waals surface area contributed by atoms with Gasteiger partial charge in [0.2, 0.25) is 5.91 Å². The van der Waals surface area contributed by atoms with Crippen LogP contribution in [-0.4, -0.2) is 43.5 Å². The molecule has 1 unspecified atom stereocenters. The smallest absolute Gasteiger partial charge is 0.251 e. The summed E-state index contributed by atoms with van der Waals surface area (Å²) in [7, 11) is 3.22. The molecule has 0 bridgehead atoms. The molecule has 0 radical (unpaired) electrons. The lowest BCUT2D eigenvalue weighted by Gasteiger charge is -2.33. The van der Waals surface area contributed by atoms with Gasteiger partial charge in [0.05, 0.1) is 14.2 Å². The fourth-order valence-electron chi connectivity index (χ4n) is 3.60. The Labute approximate surface area is 171 Å². The molecule has 0 fully saturated rings. The van der Waals surface area contributed by atoms with Gasteiger partial charge in [-0.05, 0) is 47.7 Å². The Bertz CT molecular complexity index is 880. The highest BCUT2D eigenvalue weighted by atomic mass is 16.5. The number of carbonyl (C=O) groups excluding carboxylic acids is 2. The van der Waals surface area contributed by atoms with E-state index in [0.29, 0.717) is 30.2 Å². The molecule has 0 aliphatic carbocycles. The molecule has 1 N–H and O–H groups in total. The SMILES string of the molecule is COc1cc2c(cc1OC)CN(C(=O)C(NC(=O)c1ccccc1)C(C)C)CC2. The predicted octanol–water partition coefficient (Wildman–Crippen LogP) is 3.04. The highest BCUT2D eigenvalue weighted by molar-refractivity contribution is 5.97. The van der Waals surface area contributed by atoms with Crippen molar-refractivity contribution < 1.29 is 19.1 Å². The zero-order valence-electron chi connectivity index (χ0n) is 17.4. The zero-order chi connectivity index (χ0) is 21.0. The molecule has 2 aromatic carbocycles. The molecule has 1 aliphatic rings. The van der Waals surface area contributed by atoms with Crippen molar-refractivity contribution in [3.8, 4) is 11.5 Å². The summed E-state index contributed by atoms with van der Waals surface area (Å²) in [5.41, 5.74) is 2.74. The van der Waals surface area contributed by atoms with Crippen LogP contribution in [-0.2, 0) is 17.8 Å². The Morgan fingerprint density at radius 2 is 1.62 bits per heavy atom. The van der Waals surface area contributed by atoms with Crippen molar-refractivity contribution in [2.24, 2.45) is 5.92 Å². The van der Waals surface area contributed by atoms with E-state index in [0.717, 1.165) is 17.5 Å². The van der Waals surface area contributed by atoms with E-state index in [1.54, 1.807) is 26.4 Å². The van der Waals surface area contributed by atoms with Crippen molar-refractivity contribution in [3.63, 3.8) is 0 Å². The fraction of sp³-hybridized carbons (Fsp3) is 0.391. The third kappa shape index (κ3) is 4.53. The first-order valence-electron chi connectivity index (χ1n) is 9.83. The van der Waals surface area contributed by atoms with Gasteiger partial charge in [-0.15, -0.1) is 0 Å². The molecule has 0 saturated heterocycles. The van der Waals surface area contributed by atoms with Gasteiger partial charge in [0, 0.05) is 18.7 Å². The summed E-state index contributed by atoms with van der Waals surface area (Å²) >= 11 is 0. The number of fused-ring (bicyclic) bond motifs is 1. The fourth-order valence-corrected chi connectivity index (χ4v) is 3.60. The van der Waals surface area contributed by atoms with Gasteiger partial charge in [-0.2, -0.15) is 0 Å². The van der Waals surface area contributed by atoms with Gasteiger partial charge in [-0.1, -0.05) is 32.0 Å². The molecule has 0 aromatic heterocycles. The van der Waals surface area contributed by atoms with Crippen molar-refractivity contribution in [1.29, 1.82) is 0 Å². The molecular formula is C23H28N2O4. The number of rotatable bonds is 6. The van der Waals surface area contributed by atoms with Crippen LogP contribution >= 0.6 is 0 Å². The molecule has 2 aromatic rings. The minimum Gasteiger partial charge on any atom is -0.493 e. The van der Waals surface area contributed by atoms with Crippen LogP contribution in [0.5, 0.6) is 11.5 Å². The number of methoxy groups -OCH3 is 2. The summed E-state index contributed by atoms with van der Waals surface area (Å²) in [5.74, 6) is 1.02. The van der Waals surface area contributed by atoms with E-state index in [9.17, 15) is 9.59 Å². The van der Waals surface area contributed by atoms with E-state index in [2.05, 4.69) is 5.32 Å². The van der Waals surface area contributed by atoms with Crippen LogP contribution in [0.25, 0.3) is 0 Å². The van der Waals surface area contributed by atoms with Crippen molar-refractivity contribution in [2.75, 3.05) is 20.8 Å². The quantitative estimate of drug-likeness (QED) is 0.815. The lowest BCUT2D eigenvalue weighted by atomic mass is 9.96. The van der Waals surface area contributed by atoms with Gasteiger partial charge >= 0.3 is 0 Å². The summed E-state index contributed by atoms with van der Waals surface area (Å²) < 4.78 is 10.8. The Balaban J connectivity index is 1.77. The summed E-state index contributed by atoms with van der Waals surface area (Å²) in [6.45, 7) is 4.98. The first-order chi connectivity index (χ1) is 13.9. The molecule has 0 spiro atoms. The molecule has 6 nitrogen and oxygen atoms in total. The number of ether oxygens (including phenoxy) is 2. The van der Waals surface area contributed by atoms with Crippen molar-refractivity contribution in [1.82, 2.24) is 10.2 Å². The van der Waals surface area contributed by atoms with E-state index in [1.165, 1.54) is 0 Å². The van der Waals surface area contributed by atoms with Gasteiger partial charge in [0.25, 0.3) is 5.91 Å². The second kappa shape index (κ2) is 8.99. The third-order valence-corrected chi connectivity index (χ3v) is 5.29. The van der Waals surface area contributed by atoms with Gasteiger partial charge < -0.3 is 19.7 Å². The topological polar surface area (TPSA) is 67.9 Å². The van der Waals surface area contributed by atoms with Crippen LogP contribution in [0.2, 0.25) is 0 Å². The van der Waals surface area contributed by atoms with Gasteiger partial charge in [0.15, 0.2) is 11.5 Å². The lowest BCUT2D eigenvalue weighted by molar-refractivity contribution is -0.135. The van der Waals surface area contributed by atoms with E-state index < -0.39 is 6.04 Å². The first-order valence-corrected chi connectivity index (χ1v) is 9.83. The Kier molecular flexibility index (Phi) is 6.42. The molecule has 1 aliphatic heterocycles. The number of hydrogen-bond acceptors (Lipinski definition) is 4. The molecule has 29 heavy (non-hydrogen) atoms. The van der Waals surface area contributed by atoms with Crippen LogP contribution in [0.4, 0.5) is 0 Å². The van der Waals surface area contributed by atoms with Crippen LogP contribution in [0, 0.1) is 5.92 Å². The number of hydrogen-bond donors (Lipinski definition) is 1. The van der Waals surface area contributed by atoms with Crippen LogP contribution in [0.3, 0.4) is 0 Å². The standard InChI is InChI=1S/C23H28N2O4/c1-15(2)21(24-22(26)16-8-6-5-7-9-16)23(27)25-11-10-17-12-19(28-3)20(29-4)13-18(17)14-25/h5-9,12-13,15,21H,10-11,14H2,1-4H3,(H,24,26). The van der Waals surface area contributed by atoms with E-state index in [-0.39, 0.29) is 17.7 Å². The van der Waals surface area contributed by atoms with Crippen LogP contribution in [0.15, 0.2) is 42.5 Å². The molecule has 1 heterocycles. The van der Waals surface area contributed by atoms with Crippen molar-refractivity contribution in [3.05, 3.63) is 59.2 Å². The lowest BCUT2D eigenvalue weighted by Crippen LogP contribution is -2.52. The second-order valence-corrected chi connectivity index (χ2v) is 7.55. The molecular weight excluding hydrogens is 368 g/mol. The van der Waals surface area contributed by atoms with Crippen LogP contribution in [0.1, 0.15) is 35.3 Å². The molecule has 154 valence electrons. The van der Waals surface area contributed by atoms with Crippen molar-refractivity contribution >= 4 is 11.8 Å². The monoisotopic (exact) mass is 396 g/mol. The van der Waals surface area contributed by atoms with E-state index in [4.69, 9.17) is 9.47 Å². The van der Waals surface area contributed by atoms with Gasteiger partial charge in [-0.25, -0.2) is 0 Å². The van der Waals surface area contributed by atoms with Crippen LogP contribution < -0.4 is 14.8 Å². The highest BCUT2D eigenvalue weighted by Crippen LogP contribution is 2.33. The van der Waals surface area contributed by atoms with Crippen molar-refractivity contribution in [2.45, 2.75) is 32.9 Å². The van der Waals surface area contributed by atoms with E-state index in [1.807, 2.05) is 49.1 Å². The number of nitrogens with one attached hydrogen (secondary N) is 1. The Morgan fingerprint density at radius 1 is 1.00 bits per heavy atom. The summed E-state index contributed by atoms with van der Waals surface area (Å²) in [6.07, 6.45) is 0.735. The molecule has 1 atom stereocenters. The Hall–Kier alpha value is -3.02. The number of benzene rings is 2. The zero-order valence-corrected chi connectivity index (χ0v) is 17.4. The average Bonchev–Trinajstić information content (AvgIpc) is 2.75. The highest BCUT2D eigenvalue weighted by Gasteiger charge is 2.31. The number of carbonyl (C=O) groups is 2. The summed E-state index contributed by atoms with van der Waals surface area (Å²) in [6, 6.07) is 12.3. The maximum Gasteiger partial charge on any atom is 0.251 e. The molecule has 0 saturated carbocycles. The average molecular weight is 396 g/mol. The maximum atomic E-state index is 13.2. The minimum absolute atomic E-state index is 0.0260. The minimum atomic E-state index is -0.579. The largest absolute Gasteiger partial charge is 0.493 e. The Morgan fingerprint density at radius 3 is 2.21 bits per heavy atom. The molecule has 2 amide bonds. The second-order valence-electron chi connectivity index (χ2n) is 7.55. The number of nitrogens with zero attached hydrogens (tertiary/aromatic N) is 1. The first kappa shape index (κ1) is 20.7. The normalized spacial score (nSPS) is 14.2. The van der Waals surface area contributed by atoms with E-state index >= 15 is 0 Å². The summed E-state index contributed by atoms with van der Waals surface area (Å²) in [5, 5.41) is 2.92. The van der Waals surface area contributed by atoms with Gasteiger partial charge in [-0.3, -0.25) is 9.59 Å². The maximum absolute atomic E-state index is 13.2.